The van der Waals surface area contributed by atoms with E-state index in [1.165, 1.54) is 32.1 Å². The van der Waals surface area contributed by atoms with Gasteiger partial charge in [0, 0.05) is 6.04 Å². The number of halogens is 2. The number of likely N-dealkylation sites (N-methyl/N-ethyl adjacent to an activating group) is 1. The third kappa shape index (κ3) is 4.69. The molecule has 0 aromatic heterocycles. The number of rotatable bonds is 6. The Labute approximate surface area is 133 Å². The van der Waals surface area contributed by atoms with Crippen LogP contribution in [0.2, 0.25) is 5.02 Å². The first-order valence-electron chi connectivity index (χ1n) is 8.31. The summed E-state index contributed by atoms with van der Waals surface area (Å²) in [5.41, 5.74) is 1.04. The average molecular weight is 312 g/mol. The molecule has 118 valence electrons. The van der Waals surface area contributed by atoms with Crippen LogP contribution in [0.5, 0.6) is 0 Å². The van der Waals surface area contributed by atoms with Crippen LogP contribution in [-0.2, 0) is 6.42 Å². The third-order valence-electron chi connectivity index (χ3n) is 4.94. The standard InChI is InChI=1S/C18H27ClFN/c1-3-13-5-8-15(9-6-13)18(21-4-2)12-14-7-10-16(19)17(20)11-14/h7,10-11,13,15,18,21H,3-6,8-9,12H2,1-2H3. The van der Waals surface area contributed by atoms with Crippen molar-refractivity contribution >= 4 is 11.6 Å². The maximum atomic E-state index is 13.6. The van der Waals surface area contributed by atoms with E-state index >= 15 is 0 Å². The third-order valence-corrected chi connectivity index (χ3v) is 5.25. The lowest BCUT2D eigenvalue weighted by Crippen LogP contribution is -2.39. The largest absolute Gasteiger partial charge is 0.314 e. The van der Waals surface area contributed by atoms with Crippen molar-refractivity contribution in [3.8, 4) is 0 Å². The SMILES string of the molecule is CCNC(Cc1ccc(Cl)c(F)c1)C1CCC(CC)CC1. The molecule has 3 heteroatoms. The van der Waals surface area contributed by atoms with E-state index in [0.717, 1.165) is 24.4 Å². The Morgan fingerprint density at radius 1 is 1.24 bits per heavy atom. The minimum absolute atomic E-state index is 0.210. The van der Waals surface area contributed by atoms with Gasteiger partial charge in [0.1, 0.15) is 5.82 Å². The second-order valence-corrected chi connectivity index (χ2v) is 6.71. The summed E-state index contributed by atoms with van der Waals surface area (Å²) in [7, 11) is 0. The fourth-order valence-corrected chi connectivity index (χ4v) is 3.70. The lowest BCUT2D eigenvalue weighted by molar-refractivity contribution is 0.218. The van der Waals surface area contributed by atoms with Crippen molar-refractivity contribution in [1.82, 2.24) is 5.32 Å². The molecule has 1 aliphatic rings. The zero-order valence-corrected chi connectivity index (χ0v) is 13.9. The molecule has 0 amide bonds. The van der Waals surface area contributed by atoms with Crippen molar-refractivity contribution in [3.05, 3.63) is 34.6 Å². The monoisotopic (exact) mass is 311 g/mol. The van der Waals surface area contributed by atoms with Crippen molar-refractivity contribution in [2.24, 2.45) is 11.8 Å². The number of nitrogens with one attached hydrogen (secondary N) is 1. The lowest BCUT2D eigenvalue weighted by atomic mass is 9.76. The van der Waals surface area contributed by atoms with Crippen molar-refractivity contribution in [2.75, 3.05) is 6.54 Å². The van der Waals surface area contributed by atoms with Crippen molar-refractivity contribution in [1.29, 1.82) is 0 Å². The van der Waals surface area contributed by atoms with Gasteiger partial charge in [-0.1, -0.05) is 50.8 Å². The summed E-state index contributed by atoms with van der Waals surface area (Å²) in [4.78, 5) is 0. The van der Waals surface area contributed by atoms with E-state index in [1.807, 2.05) is 6.07 Å². The predicted octanol–water partition coefficient (Wildman–Crippen LogP) is 5.22. The van der Waals surface area contributed by atoms with E-state index in [2.05, 4.69) is 19.2 Å². The van der Waals surface area contributed by atoms with Gasteiger partial charge in [0.25, 0.3) is 0 Å². The Hall–Kier alpha value is -0.600. The van der Waals surface area contributed by atoms with E-state index in [9.17, 15) is 4.39 Å². The summed E-state index contributed by atoms with van der Waals surface area (Å²) >= 11 is 5.77. The van der Waals surface area contributed by atoms with E-state index in [4.69, 9.17) is 11.6 Å². The Balaban J connectivity index is 2.00. The van der Waals surface area contributed by atoms with Gasteiger partial charge in [-0.2, -0.15) is 0 Å². The Bertz CT molecular complexity index is 441. The van der Waals surface area contributed by atoms with E-state index < -0.39 is 0 Å². The predicted molar refractivity (Wildman–Crippen MR) is 88.3 cm³/mol. The zero-order valence-electron chi connectivity index (χ0n) is 13.2. The molecule has 1 aromatic carbocycles. The van der Waals surface area contributed by atoms with Gasteiger partial charge in [-0.05, 0) is 55.3 Å². The van der Waals surface area contributed by atoms with Gasteiger partial charge in [0.2, 0.25) is 0 Å². The summed E-state index contributed by atoms with van der Waals surface area (Å²) in [6.45, 7) is 5.41. The summed E-state index contributed by atoms with van der Waals surface area (Å²) in [6.07, 6.45) is 7.49. The maximum Gasteiger partial charge on any atom is 0.142 e. The second kappa shape index (κ2) is 8.14. The zero-order chi connectivity index (χ0) is 15.2. The molecule has 0 spiro atoms. The van der Waals surface area contributed by atoms with Crippen LogP contribution in [-0.4, -0.2) is 12.6 Å². The molecule has 1 unspecified atom stereocenters. The molecule has 0 saturated heterocycles. The van der Waals surface area contributed by atoms with Crippen molar-refractivity contribution < 1.29 is 4.39 Å². The quantitative estimate of drug-likeness (QED) is 0.760. The Kier molecular flexibility index (Phi) is 6.50. The molecule has 1 N–H and O–H groups in total. The highest BCUT2D eigenvalue weighted by Crippen LogP contribution is 2.33. The Morgan fingerprint density at radius 2 is 1.95 bits per heavy atom. The number of hydrogen-bond acceptors (Lipinski definition) is 1. The molecule has 1 nitrogen and oxygen atoms in total. The highest BCUT2D eigenvalue weighted by molar-refractivity contribution is 6.30. The average Bonchev–Trinajstić information content (AvgIpc) is 2.50. The van der Waals surface area contributed by atoms with Crippen LogP contribution in [0.4, 0.5) is 4.39 Å². The maximum absolute atomic E-state index is 13.6. The Morgan fingerprint density at radius 3 is 2.52 bits per heavy atom. The van der Waals surface area contributed by atoms with Crippen LogP contribution in [0.3, 0.4) is 0 Å². The molecule has 1 aliphatic carbocycles. The molecule has 1 aromatic rings. The molecule has 0 bridgehead atoms. The minimum Gasteiger partial charge on any atom is -0.314 e. The lowest BCUT2D eigenvalue weighted by Gasteiger charge is -2.34. The van der Waals surface area contributed by atoms with Crippen LogP contribution in [0.25, 0.3) is 0 Å². The van der Waals surface area contributed by atoms with Gasteiger partial charge < -0.3 is 5.32 Å². The summed E-state index contributed by atoms with van der Waals surface area (Å²) in [5, 5.41) is 3.82. The second-order valence-electron chi connectivity index (χ2n) is 6.31. The van der Waals surface area contributed by atoms with Gasteiger partial charge >= 0.3 is 0 Å². The summed E-state index contributed by atoms with van der Waals surface area (Å²) in [6, 6.07) is 5.66. The number of benzene rings is 1. The number of hydrogen-bond donors (Lipinski definition) is 1. The normalized spacial score (nSPS) is 24.0. The van der Waals surface area contributed by atoms with Crippen molar-refractivity contribution in [2.45, 2.75) is 58.4 Å². The smallest absolute Gasteiger partial charge is 0.142 e. The molecule has 21 heavy (non-hydrogen) atoms. The molecular weight excluding hydrogens is 285 g/mol. The fourth-order valence-electron chi connectivity index (χ4n) is 3.59. The van der Waals surface area contributed by atoms with Crippen LogP contribution in [0, 0.1) is 17.7 Å². The summed E-state index contributed by atoms with van der Waals surface area (Å²) in [5.74, 6) is 1.32. The molecular formula is C18H27ClFN. The van der Waals surface area contributed by atoms with Gasteiger partial charge in [-0.15, -0.1) is 0 Å². The van der Waals surface area contributed by atoms with E-state index in [-0.39, 0.29) is 10.8 Å². The van der Waals surface area contributed by atoms with Crippen LogP contribution in [0.1, 0.15) is 51.5 Å². The topological polar surface area (TPSA) is 12.0 Å². The fraction of sp³-hybridized carbons (Fsp3) is 0.667. The molecule has 2 rings (SSSR count). The van der Waals surface area contributed by atoms with Crippen LogP contribution >= 0.6 is 11.6 Å². The highest BCUT2D eigenvalue weighted by Gasteiger charge is 2.26. The first-order valence-corrected chi connectivity index (χ1v) is 8.69. The highest BCUT2D eigenvalue weighted by atomic mass is 35.5. The van der Waals surface area contributed by atoms with Gasteiger partial charge in [-0.3, -0.25) is 0 Å². The minimum atomic E-state index is -0.306. The van der Waals surface area contributed by atoms with Gasteiger partial charge in [-0.25, -0.2) is 4.39 Å². The molecule has 0 aliphatic heterocycles. The molecule has 1 fully saturated rings. The van der Waals surface area contributed by atoms with Crippen molar-refractivity contribution in [3.63, 3.8) is 0 Å². The molecule has 1 atom stereocenters. The molecule has 1 saturated carbocycles. The van der Waals surface area contributed by atoms with E-state index in [0.29, 0.717) is 12.0 Å². The summed E-state index contributed by atoms with van der Waals surface area (Å²) < 4.78 is 13.6. The first kappa shape index (κ1) is 16.8. The first-order chi connectivity index (χ1) is 10.1. The van der Waals surface area contributed by atoms with E-state index in [1.54, 1.807) is 12.1 Å². The molecule has 0 radical (unpaired) electrons. The van der Waals surface area contributed by atoms with Crippen LogP contribution in [0.15, 0.2) is 18.2 Å². The molecule has 0 heterocycles. The van der Waals surface area contributed by atoms with Crippen LogP contribution < -0.4 is 5.32 Å². The van der Waals surface area contributed by atoms with Gasteiger partial charge in [0.05, 0.1) is 5.02 Å². The van der Waals surface area contributed by atoms with Gasteiger partial charge in [0.15, 0.2) is 0 Å².